The van der Waals surface area contributed by atoms with Crippen molar-refractivity contribution in [3.63, 3.8) is 0 Å². The molecule has 0 saturated carbocycles. The number of oxazole rings is 1. The molecule has 0 bridgehead atoms. The van der Waals surface area contributed by atoms with Crippen LogP contribution in [0.15, 0.2) is 15.4 Å². The standard InChI is InChI=1S/C8H11BrN2O2/c9-8-10-5-7(13-8)6-11-1-3-12-4-2-11/h5H,1-4,6H2. The van der Waals surface area contributed by atoms with E-state index in [0.29, 0.717) is 4.80 Å². The predicted octanol–water partition coefficient (Wildman–Crippen LogP) is 1.27. The minimum absolute atomic E-state index is 0.552. The Morgan fingerprint density at radius 1 is 1.46 bits per heavy atom. The van der Waals surface area contributed by atoms with Gasteiger partial charge in [-0.3, -0.25) is 4.90 Å². The van der Waals surface area contributed by atoms with Crippen LogP contribution >= 0.6 is 15.9 Å². The van der Waals surface area contributed by atoms with Crippen LogP contribution in [0.25, 0.3) is 0 Å². The van der Waals surface area contributed by atoms with Gasteiger partial charge in [-0.05, 0) is 0 Å². The van der Waals surface area contributed by atoms with Crippen molar-refractivity contribution in [3.8, 4) is 0 Å². The smallest absolute Gasteiger partial charge is 0.264 e. The van der Waals surface area contributed by atoms with Gasteiger partial charge < -0.3 is 9.15 Å². The monoisotopic (exact) mass is 246 g/mol. The van der Waals surface area contributed by atoms with Crippen LogP contribution < -0.4 is 0 Å². The molecule has 0 aliphatic carbocycles. The lowest BCUT2D eigenvalue weighted by atomic mass is 10.4. The molecular formula is C8H11BrN2O2. The highest BCUT2D eigenvalue weighted by Crippen LogP contribution is 2.12. The van der Waals surface area contributed by atoms with Gasteiger partial charge in [0.05, 0.1) is 26.0 Å². The van der Waals surface area contributed by atoms with Crippen LogP contribution in [0.2, 0.25) is 0 Å². The Labute approximate surface area is 85.0 Å². The van der Waals surface area contributed by atoms with Crippen molar-refractivity contribution in [1.82, 2.24) is 9.88 Å². The average Bonchev–Trinajstić information content (AvgIpc) is 2.53. The lowest BCUT2D eigenvalue weighted by Gasteiger charge is -2.25. The molecule has 4 nitrogen and oxygen atoms in total. The third-order valence-corrected chi connectivity index (χ3v) is 2.38. The third kappa shape index (κ3) is 2.52. The summed E-state index contributed by atoms with van der Waals surface area (Å²) in [5, 5.41) is 0. The fraction of sp³-hybridized carbons (Fsp3) is 0.625. The van der Waals surface area contributed by atoms with Crippen LogP contribution in [-0.4, -0.2) is 36.2 Å². The maximum absolute atomic E-state index is 5.31. The summed E-state index contributed by atoms with van der Waals surface area (Å²) in [7, 11) is 0. The summed E-state index contributed by atoms with van der Waals surface area (Å²) >= 11 is 3.18. The van der Waals surface area contributed by atoms with Gasteiger partial charge in [0.2, 0.25) is 0 Å². The SMILES string of the molecule is Brc1ncc(CN2CCOCC2)o1. The molecule has 1 aromatic heterocycles. The van der Waals surface area contributed by atoms with E-state index in [4.69, 9.17) is 9.15 Å². The summed E-state index contributed by atoms with van der Waals surface area (Å²) in [6.45, 7) is 4.39. The van der Waals surface area contributed by atoms with Gasteiger partial charge >= 0.3 is 0 Å². The van der Waals surface area contributed by atoms with E-state index in [1.54, 1.807) is 6.20 Å². The highest BCUT2D eigenvalue weighted by Gasteiger charge is 2.12. The first-order valence-electron chi connectivity index (χ1n) is 4.25. The Hall–Kier alpha value is -0.390. The molecule has 1 aliphatic rings. The largest absolute Gasteiger partial charge is 0.435 e. The molecule has 0 spiro atoms. The Bertz CT molecular complexity index is 271. The number of ether oxygens (including phenoxy) is 1. The van der Waals surface area contributed by atoms with Gasteiger partial charge in [-0.1, -0.05) is 0 Å². The summed E-state index contributed by atoms with van der Waals surface area (Å²) in [6.07, 6.45) is 1.75. The molecule has 1 aliphatic heterocycles. The van der Waals surface area contributed by atoms with E-state index in [1.807, 2.05) is 0 Å². The molecule has 1 fully saturated rings. The van der Waals surface area contributed by atoms with Crippen molar-refractivity contribution in [2.75, 3.05) is 26.3 Å². The zero-order valence-corrected chi connectivity index (χ0v) is 8.79. The lowest BCUT2D eigenvalue weighted by Crippen LogP contribution is -2.35. The second kappa shape index (κ2) is 4.21. The molecule has 2 rings (SSSR count). The van der Waals surface area contributed by atoms with Crippen molar-refractivity contribution in [2.45, 2.75) is 6.54 Å². The van der Waals surface area contributed by atoms with Crippen LogP contribution in [0, 0.1) is 0 Å². The topological polar surface area (TPSA) is 38.5 Å². The summed E-state index contributed by atoms with van der Waals surface area (Å²) in [5.74, 6) is 0.897. The van der Waals surface area contributed by atoms with Crippen LogP contribution in [-0.2, 0) is 11.3 Å². The van der Waals surface area contributed by atoms with Gasteiger partial charge in [0.25, 0.3) is 4.80 Å². The van der Waals surface area contributed by atoms with Crippen molar-refractivity contribution >= 4 is 15.9 Å². The van der Waals surface area contributed by atoms with Crippen LogP contribution in [0.5, 0.6) is 0 Å². The normalized spacial score (nSPS) is 19.2. The maximum atomic E-state index is 5.31. The number of halogens is 1. The number of hydrogen-bond donors (Lipinski definition) is 0. The Morgan fingerprint density at radius 3 is 2.85 bits per heavy atom. The van der Waals surface area contributed by atoms with Gasteiger partial charge in [0.15, 0.2) is 0 Å². The molecule has 0 unspecified atom stereocenters. The first kappa shape index (κ1) is 9.18. The molecular weight excluding hydrogens is 236 g/mol. The first-order chi connectivity index (χ1) is 6.34. The second-order valence-corrected chi connectivity index (χ2v) is 3.65. The summed E-state index contributed by atoms with van der Waals surface area (Å²) in [6, 6.07) is 0. The highest BCUT2D eigenvalue weighted by molar-refractivity contribution is 9.10. The van der Waals surface area contributed by atoms with E-state index >= 15 is 0 Å². The summed E-state index contributed by atoms with van der Waals surface area (Å²) in [5.41, 5.74) is 0. The van der Waals surface area contributed by atoms with E-state index in [9.17, 15) is 0 Å². The molecule has 13 heavy (non-hydrogen) atoms. The van der Waals surface area contributed by atoms with E-state index in [2.05, 4.69) is 25.8 Å². The van der Waals surface area contributed by atoms with Crippen molar-refractivity contribution in [2.24, 2.45) is 0 Å². The molecule has 1 saturated heterocycles. The highest BCUT2D eigenvalue weighted by atomic mass is 79.9. The Kier molecular flexibility index (Phi) is 2.97. The second-order valence-electron chi connectivity index (χ2n) is 2.97. The van der Waals surface area contributed by atoms with Crippen LogP contribution in [0.1, 0.15) is 5.76 Å². The summed E-state index contributed by atoms with van der Waals surface area (Å²) in [4.78, 5) is 6.81. The molecule has 1 aromatic rings. The molecule has 0 atom stereocenters. The number of aromatic nitrogens is 1. The van der Waals surface area contributed by atoms with E-state index in [1.165, 1.54) is 0 Å². The molecule has 72 valence electrons. The van der Waals surface area contributed by atoms with E-state index < -0.39 is 0 Å². The number of morpholine rings is 1. The molecule has 0 N–H and O–H groups in total. The fourth-order valence-electron chi connectivity index (χ4n) is 1.34. The summed E-state index contributed by atoms with van der Waals surface area (Å²) < 4.78 is 10.6. The van der Waals surface area contributed by atoms with Gasteiger partial charge in [0.1, 0.15) is 5.76 Å². The van der Waals surface area contributed by atoms with Crippen molar-refractivity contribution in [1.29, 1.82) is 0 Å². The molecule has 0 aromatic carbocycles. The Balaban J connectivity index is 1.89. The van der Waals surface area contributed by atoms with Crippen LogP contribution in [0.4, 0.5) is 0 Å². The molecule has 2 heterocycles. The molecule has 0 radical (unpaired) electrons. The van der Waals surface area contributed by atoms with Crippen LogP contribution in [0.3, 0.4) is 0 Å². The van der Waals surface area contributed by atoms with Gasteiger partial charge in [-0.15, -0.1) is 0 Å². The minimum Gasteiger partial charge on any atom is -0.435 e. The van der Waals surface area contributed by atoms with Gasteiger partial charge in [-0.25, -0.2) is 4.98 Å². The third-order valence-electron chi connectivity index (χ3n) is 2.01. The Morgan fingerprint density at radius 2 is 2.23 bits per heavy atom. The predicted molar refractivity (Wildman–Crippen MR) is 50.3 cm³/mol. The van der Waals surface area contributed by atoms with Gasteiger partial charge in [0, 0.05) is 29.0 Å². The first-order valence-corrected chi connectivity index (χ1v) is 5.04. The van der Waals surface area contributed by atoms with Gasteiger partial charge in [-0.2, -0.15) is 0 Å². The number of rotatable bonds is 2. The van der Waals surface area contributed by atoms with Crippen molar-refractivity contribution in [3.05, 3.63) is 16.8 Å². The average molecular weight is 247 g/mol. The lowest BCUT2D eigenvalue weighted by molar-refractivity contribution is 0.0312. The van der Waals surface area contributed by atoms with E-state index in [-0.39, 0.29) is 0 Å². The van der Waals surface area contributed by atoms with E-state index in [0.717, 1.165) is 38.6 Å². The zero-order chi connectivity index (χ0) is 9.10. The maximum Gasteiger partial charge on any atom is 0.264 e. The number of nitrogens with zero attached hydrogens (tertiary/aromatic N) is 2. The zero-order valence-electron chi connectivity index (χ0n) is 7.20. The fourth-order valence-corrected chi connectivity index (χ4v) is 1.65. The minimum atomic E-state index is 0.552. The van der Waals surface area contributed by atoms with Crippen molar-refractivity contribution < 1.29 is 9.15 Å². The number of hydrogen-bond acceptors (Lipinski definition) is 4. The molecule has 0 amide bonds. The molecule has 5 heteroatoms. The quantitative estimate of drug-likeness (QED) is 0.788.